The van der Waals surface area contributed by atoms with Crippen LogP contribution in [0.3, 0.4) is 0 Å². The lowest BCUT2D eigenvalue weighted by Crippen LogP contribution is -2.28. The Labute approximate surface area is 180 Å². The lowest BCUT2D eigenvalue weighted by atomic mass is 9.93. The van der Waals surface area contributed by atoms with E-state index in [2.05, 4.69) is 37.6 Å². The van der Waals surface area contributed by atoms with Gasteiger partial charge in [0.1, 0.15) is 22.0 Å². The van der Waals surface area contributed by atoms with Crippen LogP contribution in [0.2, 0.25) is 0 Å². The van der Waals surface area contributed by atoms with Gasteiger partial charge in [-0.25, -0.2) is 15.0 Å². The Balaban J connectivity index is 1.38. The zero-order valence-corrected chi connectivity index (χ0v) is 17.9. The van der Waals surface area contributed by atoms with Crippen molar-refractivity contribution in [3.63, 3.8) is 0 Å². The van der Waals surface area contributed by atoms with Gasteiger partial charge in [0.15, 0.2) is 5.13 Å². The summed E-state index contributed by atoms with van der Waals surface area (Å²) in [6.07, 6.45) is 7.88. The van der Waals surface area contributed by atoms with Gasteiger partial charge in [0.25, 0.3) is 0 Å². The van der Waals surface area contributed by atoms with E-state index in [0.29, 0.717) is 6.04 Å². The van der Waals surface area contributed by atoms with Crippen LogP contribution in [0.5, 0.6) is 0 Å². The van der Waals surface area contributed by atoms with E-state index >= 15 is 0 Å². The molecule has 4 heterocycles. The number of aromatic nitrogens is 3. The zero-order valence-electron chi connectivity index (χ0n) is 17.0. The molecule has 7 nitrogen and oxygen atoms in total. The third-order valence-corrected chi connectivity index (χ3v) is 6.83. The fourth-order valence-electron chi connectivity index (χ4n) is 4.38. The molecule has 0 aromatic carbocycles. The summed E-state index contributed by atoms with van der Waals surface area (Å²) in [5.74, 6) is 1.71. The van der Waals surface area contributed by atoms with Crippen molar-refractivity contribution < 1.29 is 5.11 Å². The molecule has 3 aromatic heterocycles. The van der Waals surface area contributed by atoms with Crippen molar-refractivity contribution >= 4 is 38.5 Å². The highest BCUT2D eigenvalue weighted by Gasteiger charge is 2.20. The summed E-state index contributed by atoms with van der Waals surface area (Å²) in [5.41, 5.74) is 2.16. The molecule has 5 rings (SSSR count). The van der Waals surface area contributed by atoms with Crippen LogP contribution in [0, 0.1) is 0 Å². The number of hydrogen-bond donors (Lipinski definition) is 3. The van der Waals surface area contributed by atoms with Gasteiger partial charge in [-0.3, -0.25) is 4.90 Å². The monoisotopic (exact) mass is 424 g/mol. The fraction of sp³-hybridized carbons (Fsp3) is 0.500. The third-order valence-electron chi connectivity index (χ3n) is 5.94. The van der Waals surface area contributed by atoms with Crippen molar-refractivity contribution in [2.75, 3.05) is 23.7 Å². The summed E-state index contributed by atoms with van der Waals surface area (Å²) in [5, 5.41) is 17.6. The van der Waals surface area contributed by atoms with E-state index in [9.17, 15) is 5.11 Å². The number of fused-ring (bicyclic) bond motifs is 1. The third kappa shape index (κ3) is 4.71. The van der Waals surface area contributed by atoms with Crippen molar-refractivity contribution in [3.8, 4) is 0 Å². The second kappa shape index (κ2) is 8.83. The van der Waals surface area contributed by atoms with Gasteiger partial charge in [0, 0.05) is 18.8 Å². The number of rotatable bonds is 6. The van der Waals surface area contributed by atoms with E-state index in [1.165, 1.54) is 18.4 Å². The number of likely N-dealkylation sites (tertiary alicyclic amines) is 1. The Bertz CT molecular complexity index is 961. The van der Waals surface area contributed by atoms with E-state index in [1.54, 1.807) is 17.5 Å². The molecule has 0 unspecified atom stereocenters. The summed E-state index contributed by atoms with van der Waals surface area (Å²) in [6, 6.07) is 8.56. The summed E-state index contributed by atoms with van der Waals surface area (Å²) < 4.78 is 0. The first-order chi connectivity index (χ1) is 14.7. The van der Waals surface area contributed by atoms with E-state index in [-0.39, 0.29) is 6.10 Å². The highest BCUT2D eigenvalue weighted by Crippen LogP contribution is 2.28. The molecular formula is C22H28N6OS. The van der Waals surface area contributed by atoms with Gasteiger partial charge < -0.3 is 15.7 Å². The molecule has 0 radical (unpaired) electrons. The highest BCUT2D eigenvalue weighted by molar-refractivity contribution is 7.21. The van der Waals surface area contributed by atoms with Crippen LogP contribution >= 0.6 is 11.3 Å². The van der Waals surface area contributed by atoms with Gasteiger partial charge in [-0.15, -0.1) is 0 Å². The van der Waals surface area contributed by atoms with Gasteiger partial charge in [-0.2, -0.15) is 0 Å². The van der Waals surface area contributed by atoms with Gasteiger partial charge in [-0.05, 0) is 81.4 Å². The van der Waals surface area contributed by atoms with E-state index in [1.807, 2.05) is 12.1 Å². The zero-order chi connectivity index (χ0) is 20.3. The van der Waals surface area contributed by atoms with Crippen LogP contribution in [-0.4, -0.2) is 50.2 Å². The first-order valence-electron chi connectivity index (χ1n) is 10.9. The van der Waals surface area contributed by atoms with Crippen LogP contribution < -0.4 is 10.6 Å². The minimum atomic E-state index is -0.151. The smallest absolute Gasteiger partial charge is 0.190 e. The normalized spacial score (nSPS) is 22.4. The molecule has 2 fully saturated rings. The second-order valence-corrected chi connectivity index (χ2v) is 9.33. The SMILES string of the molecule is O[C@H]1CC[C@H](Nc2cc(CN3CCCC3)cc(Nc3nc4cccnc4s3)n2)CC1. The molecule has 3 N–H and O–H groups in total. The topological polar surface area (TPSA) is 86.2 Å². The number of pyridine rings is 2. The summed E-state index contributed by atoms with van der Waals surface area (Å²) >= 11 is 1.54. The standard InChI is InChI=1S/C22H28N6OS/c29-17-7-5-16(6-8-17)24-19-12-15(14-28-10-1-2-11-28)13-20(26-19)27-22-25-18-4-3-9-23-21(18)30-22/h3-4,9,12-13,16-17,29H,1-2,5-8,10-11,14H2,(H2,24,25,26,27)/t16-,17-. The maximum absolute atomic E-state index is 9.79. The van der Waals surface area contributed by atoms with Crippen LogP contribution in [-0.2, 0) is 6.54 Å². The molecule has 3 aromatic rings. The Morgan fingerprint density at radius 3 is 2.67 bits per heavy atom. The van der Waals surface area contributed by atoms with Crippen molar-refractivity contribution in [2.24, 2.45) is 0 Å². The first-order valence-corrected chi connectivity index (χ1v) is 11.7. The summed E-state index contributed by atoms with van der Waals surface area (Å²) in [4.78, 5) is 17.3. The number of nitrogens with zero attached hydrogens (tertiary/aromatic N) is 4. The lowest BCUT2D eigenvalue weighted by molar-refractivity contribution is 0.126. The average Bonchev–Trinajstić information content (AvgIpc) is 3.38. The predicted octanol–water partition coefficient (Wildman–Crippen LogP) is 4.14. The van der Waals surface area contributed by atoms with Crippen LogP contribution in [0.25, 0.3) is 10.3 Å². The van der Waals surface area contributed by atoms with Crippen LogP contribution in [0.4, 0.5) is 16.8 Å². The molecule has 2 aliphatic rings. The van der Waals surface area contributed by atoms with Crippen molar-refractivity contribution in [1.29, 1.82) is 0 Å². The van der Waals surface area contributed by atoms with Crippen molar-refractivity contribution in [3.05, 3.63) is 36.0 Å². The molecule has 8 heteroatoms. The number of aliphatic hydroxyl groups excluding tert-OH is 1. The van der Waals surface area contributed by atoms with Gasteiger partial charge in [0.05, 0.1) is 6.10 Å². The maximum atomic E-state index is 9.79. The van der Waals surface area contributed by atoms with Crippen LogP contribution in [0.1, 0.15) is 44.1 Å². The largest absolute Gasteiger partial charge is 0.393 e. The molecule has 1 saturated heterocycles. The van der Waals surface area contributed by atoms with Crippen molar-refractivity contribution in [1.82, 2.24) is 19.9 Å². The number of nitrogens with one attached hydrogen (secondary N) is 2. The quantitative estimate of drug-likeness (QED) is 0.548. The maximum Gasteiger partial charge on any atom is 0.190 e. The number of hydrogen-bond acceptors (Lipinski definition) is 8. The number of anilines is 3. The Morgan fingerprint density at radius 1 is 1.07 bits per heavy atom. The lowest BCUT2D eigenvalue weighted by Gasteiger charge is -2.27. The molecule has 0 amide bonds. The summed E-state index contributed by atoms with van der Waals surface area (Å²) in [6.45, 7) is 3.27. The number of thiazole rings is 1. The second-order valence-electron chi connectivity index (χ2n) is 8.35. The number of aliphatic hydroxyl groups is 1. The molecule has 158 valence electrons. The molecule has 1 saturated carbocycles. The van der Waals surface area contributed by atoms with Gasteiger partial charge >= 0.3 is 0 Å². The molecule has 1 aliphatic heterocycles. The first kappa shape index (κ1) is 19.7. The Hall–Kier alpha value is -2.29. The van der Waals surface area contributed by atoms with Crippen LogP contribution in [0.15, 0.2) is 30.5 Å². The van der Waals surface area contributed by atoms with Gasteiger partial charge in [0.2, 0.25) is 0 Å². The average molecular weight is 425 g/mol. The minimum absolute atomic E-state index is 0.151. The molecule has 0 spiro atoms. The Kier molecular flexibility index (Phi) is 5.79. The molecule has 0 bridgehead atoms. The molecule has 1 aliphatic carbocycles. The predicted molar refractivity (Wildman–Crippen MR) is 121 cm³/mol. The molecule has 0 atom stereocenters. The highest BCUT2D eigenvalue weighted by atomic mass is 32.1. The van der Waals surface area contributed by atoms with E-state index in [0.717, 1.165) is 72.4 Å². The Morgan fingerprint density at radius 2 is 1.87 bits per heavy atom. The molecular weight excluding hydrogens is 396 g/mol. The van der Waals surface area contributed by atoms with Crippen molar-refractivity contribution in [2.45, 2.75) is 57.2 Å². The summed E-state index contributed by atoms with van der Waals surface area (Å²) in [7, 11) is 0. The minimum Gasteiger partial charge on any atom is -0.393 e. The molecule has 30 heavy (non-hydrogen) atoms. The van der Waals surface area contributed by atoms with E-state index < -0.39 is 0 Å². The fourth-order valence-corrected chi connectivity index (χ4v) is 5.19. The van der Waals surface area contributed by atoms with Gasteiger partial charge in [-0.1, -0.05) is 11.3 Å². The van der Waals surface area contributed by atoms with E-state index in [4.69, 9.17) is 4.98 Å².